The van der Waals surface area contributed by atoms with Crippen LogP contribution in [0.2, 0.25) is 5.02 Å². The number of nitrogens with one attached hydrogen (secondary N) is 1. The molecule has 0 spiro atoms. The Balaban J connectivity index is 1.78. The van der Waals surface area contributed by atoms with Crippen molar-refractivity contribution in [3.63, 3.8) is 0 Å². The van der Waals surface area contributed by atoms with Crippen LogP contribution in [0.5, 0.6) is 0 Å². The molecule has 5 heteroatoms. The number of amides is 1. The monoisotopic (exact) mass is 305 g/mol. The first-order valence-corrected chi connectivity index (χ1v) is 7.42. The lowest BCUT2D eigenvalue weighted by Gasteiger charge is -2.14. The molecule has 0 radical (unpaired) electrons. The molecule has 4 nitrogen and oxygen atoms in total. The molecule has 0 aliphatic rings. The summed E-state index contributed by atoms with van der Waals surface area (Å²) in [4.78, 5) is 11.9. The summed E-state index contributed by atoms with van der Waals surface area (Å²) in [5.41, 5.74) is 2.13. The SMILES string of the molecule is C[C@H](Cc1ccccc1Cl)NC(=O)CCc1cnn(C)c1. The molecule has 0 aliphatic carbocycles. The van der Waals surface area contributed by atoms with E-state index in [1.165, 1.54) is 0 Å². The number of rotatable bonds is 6. The van der Waals surface area contributed by atoms with Crippen LogP contribution in [0.4, 0.5) is 0 Å². The van der Waals surface area contributed by atoms with Gasteiger partial charge in [0.2, 0.25) is 5.91 Å². The number of aromatic nitrogens is 2. The van der Waals surface area contributed by atoms with Crippen molar-refractivity contribution in [3.8, 4) is 0 Å². The standard InChI is InChI=1S/C16H20ClN3O/c1-12(9-14-5-3-4-6-15(14)17)19-16(21)8-7-13-10-18-20(2)11-13/h3-6,10-12H,7-9H2,1-2H3,(H,19,21)/t12-/m1/s1. The van der Waals surface area contributed by atoms with Crippen molar-refractivity contribution in [1.29, 1.82) is 0 Å². The minimum absolute atomic E-state index is 0.0541. The molecule has 0 unspecified atom stereocenters. The van der Waals surface area contributed by atoms with Gasteiger partial charge >= 0.3 is 0 Å². The first-order chi connectivity index (χ1) is 10.0. The molecule has 1 aromatic carbocycles. The zero-order chi connectivity index (χ0) is 15.2. The highest BCUT2D eigenvalue weighted by atomic mass is 35.5. The number of aryl methyl sites for hydroxylation is 2. The molecule has 1 heterocycles. The van der Waals surface area contributed by atoms with Crippen LogP contribution < -0.4 is 5.32 Å². The van der Waals surface area contributed by atoms with Gasteiger partial charge < -0.3 is 5.32 Å². The average molecular weight is 306 g/mol. The predicted octanol–water partition coefficient (Wildman–Crippen LogP) is 2.75. The fraction of sp³-hybridized carbons (Fsp3) is 0.375. The lowest BCUT2D eigenvalue weighted by Crippen LogP contribution is -2.34. The van der Waals surface area contributed by atoms with Gasteiger partial charge in [0.05, 0.1) is 6.20 Å². The van der Waals surface area contributed by atoms with E-state index < -0.39 is 0 Å². The Hall–Kier alpha value is -1.81. The lowest BCUT2D eigenvalue weighted by molar-refractivity contribution is -0.121. The van der Waals surface area contributed by atoms with E-state index in [-0.39, 0.29) is 11.9 Å². The summed E-state index contributed by atoms with van der Waals surface area (Å²) in [5.74, 6) is 0.0541. The van der Waals surface area contributed by atoms with Crippen LogP contribution in [0.25, 0.3) is 0 Å². The molecule has 112 valence electrons. The number of hydrogen-bond donors (Lipinski definition) is 1. The number of halogens is 1. The number of hydrogen-bond acceptors (Lipinski definition) is 2. The fourth-order valence-electron chi connectivity index (χ4n) is 2.25. The van der Waals surface area contributed by atoms with Gasteiger partial charge in [-0.15, -0.1) is 0 Å². The number of benzene rings is 1. The maximum Gasteiger partial charge on any atom is 0.220 e. The fourth-order valence-corrected chi connectivity index (χ4v) is 2.46. The Morgan fingerprint density at radius 2 is 2.19 bits per heavy atom. The second-order valence-electron chi connectivity index (χ2n) is 5.29. The first kappa shape index (κ1) is 15.6. The van der Waals surface area contributed by atoms with E-state index in [1.54, 1.807) is 10.9 Å². The van der Waals surface area contributed by atoms with Crippen molar-refractivity contribution >= 4 is 17.5 Å². The van der Waals surface area contributed by atoms with Crippen molar-refractivity contribution in [1.82, 2.24) is 15.1 Å². The average Bonchev–Trinajstić information content (AvgIpc) is 2.85. The molecule has 1 atom stereocenters. The van der Waals surface area contributed by atoms with Crippen molar-refractivity contribution in [3.05, 3.63) is 52.8 Å². The number of carbonyl (C=O) groups excluding carboxylic acids is 1. The van der Waals surface area contributed by atoms with Crippen LogP contribution in [-0.2, 0) is 24.7 Å². The van der Waals surface area contributed by atoms with Gasteiger partial charge in [-0.05, 0) is 37.0 Å². The van der Waals surface area contributed by atoms with Crippen molar-refractivity contribution < 1.29 is 4.79 Å². The molecule has 0 saturated carbocycles. The zero-order valence-electron chi connectivity index (χ0n) is 12.3. The molecule has 2 rings (SSSR count). The minimum atomic E-state index is 0.0541. The molecule has 0 fully saturated rings. The molecule has 0 bridgehead atoms. The largest absolute Gasteiger partial charge is 0.353 e. The predicted molar refractivity (Wildman–Crippen MR) is 84.3 cm³/mol. The summed E-state index contributed by atoms with van der Waals surface area (Å²) in [6.07, 6.45) is 5.64. The Kier molecular flexibility index (Phi) is 5.39. The summed E-state index contributed by atoms with van der Waals surface area (Å²) >= 11 is 6.13. The molecule has 0 saturated heterocycles. The number of nitrogens with zero attached hydrogens (tertiary/aromatic N) is 2. The first-order valence-electron chi connectivity index (χ1n) is 7.05. The van der Waals surface area contributed by atoms with Gasteiger partial charge in [0, 0.05) is 30.7 Å². The molecule has 1 aromatic heterocycles. The van der Waals surface area contributed by atoms with Gasteiger partial charge in [-0.1, -0.05) is 29.8 Å². The lowest BCUT2D eigenvalue weighted by atomic mass is 10.1. The van der Waals surface area contributed by atoms with Crippen LogP contribution in [0.15, 0.2) is 36.7 Å². The van der Waals surface area contributed by atoms with Gasteiger partial charge in [0.15, 0.2) is 0 Å². The van der Waals surface area contributed by atoms with Gasteiger partial charge in [-0.3, -0.25) is 9.48 Å². The van der Waals surface area contributed by atoms with Gasteiger partial charge in [0.1, 0.15) is 0 Å². The Labute approximate surface area is 130 Å². The zero-order valence-corrected chi connectivity index (χ0v) is 13.1. The summed E-state index contributed by atoms with van der Waals surface area (Å²) in [6.45, 7) is 1.99. The minimum Gasteiger partial charge on any atom is -0.353 e. The maximum atomic E-state index is 11.9. The van der Waals surface area contributed by atoms with E-state index in [4.69, 9.17) is 11.6 Å². The summed E-state index contributed by atoms with van der Waals surface area (Å²) in [7, 11) is 1.87. The smallest absolute Gasteiger partial charge is 0.220 e. The van der Waals surface area contributed by atoms with Crippen molar-refractivity contribution in [2.45, 2.75) is 32.2 Å². The van der Waals surface area contributed by atoms with Crippen LogP contribution in [0.3, 0.4) is 0 Å². The third-order valence-electron chi connectivity index (χ3n) is 3.29. The third kappa shape index (κ3) is 4.90. The highest BCUT2D eigenvalue weighted by Crippen LogP contribution is 2.16. The molecule has 1 N–H and O–H groups in total. The summed E-state index contributed by atoms with van der Waals surface area (Å²) in [5, 5.41) is 7.84. The summed E-state index contributed by atoms with van der Waals surface area (Å²) in [6, 6.07) is 7.78. The summed E-state index contributed by atoms with van der Waals surface area (Å²) < 4.78 is 1.74. The van der Waals surface area contributed by atoms with E-state index in [0.29, 0.717) is 12.8 Å². The Bertz CT molecular complexity index is 609. The molecule has 0 aliphatic heterocycles. The molecule has 21 heavy (non-hydrogen) atoms. The highest BCUT2D eigenvalue weighted by Gasteiger charge is 2.10. The Morgan fingerprint density at radius 3 is 2.86 bits per heavy atom. The molecular weight excluding hydrogens is 286 g/mol. The van der Waals surface area contributed by atoms with Crippen LogP contribution >= 0.6 is 11.6 Å². The normalized spacial score (nSPS) is 12.1. The third-order valence-corrected chi connectivity index (χ3v) is 3.66. The van der Waals surface area contributed by atoms with Crippen LogP contribution in [0.1, 0.15) is 24.5 Å². The second-order valence-corrected chi connectivity index (χ2v) is 5.69. The van der Waals surface area contributed by atoms with E-state index in [2.05, 4.69) is 10.4 Å². The molecule has 1 amide bonds. The van der Waals surface area contributed by atoms with Gasteiger partial charge in [-0.25, -0.2) is 0 Å². The molecule has 2 aromatic rings. The van der Waals surface area contributed by atoms with E-state index in [1.807, 2.05) is 44.4 Å². The van der Waals surface area contributed by atoms with Gasteiger partial charge in [-0.2, -0.15) is 5.10 Å². The van der Waals surface area contributed by atoms with Crippen molar-refractivity contribution in [2.75, 3.05) is 0 Å². The van der Waals surface area contributed by atoms with E-state index >= 15 is 0 Å². The van der Waals surface area contributed by atoms with E-state index in [9.17, 15) is 4.79 Å². The van der Waals surface area contributed by atoms with Crippen LogP contribution in [-0.4, -0.2) is 21.7 Å². The quantitative estimate of drug-likeness (QED) is 0.892. The maximum absolute atomic E-state index is 11.9. The van der Waals surface area contributed by atoms with Gasteiger partial charge in [0.25, 0.3) is 0 Å². The van der Waals surface area contributed by atoms with Crippen molar-refractivity contribution in [2.24, 2.45) is 7.05 Å². The van der Waals surface area contributed by atoms with E-state index in [0.717, 1.165) is 22.6 Å². The van der Waals surface area contributed by atoms with Crippen LogP contribution in [0, 0.1) is 0 Å². The topological polar surface area (TPSA) is 46.9 Å². The second kappa shape index (κ2) is 7.27. The highest BCUT2D eigenvalue weighted by molar-refractivity contribution is 6.31. The number of carbonyl (C=O) groups is 1. The molecular formula is C16H20ClN3O. The Morgan fingerprint density at radius 1 is 1.43 bits per heavy atom.